The summed E-state index contributed by atoms with van der Waals surface area (Å²) in [5.74, 6) is 9.76. The number of benzene rings is 18. The second kappa shape index (κ2) is 33.7. The van der Waals surface area contributed by atoms with Gasteiger partial charge in [0.2, 0.25) is 0 Å². The van der Waals surface area contributed by atoms with Gasteiger partial charge < -0.3 is 19.3 Å². The molecule has 3 spiro atoms. The quantitative estimate of drug-likeness (QED) is 0.108. The summed E-state index contributed by atoms with van der Waals surface area (Å²) in [6, 6.07) is 168. The molecule has 0 N–H and O–H groups in total. The molecule has 688 valence electrons. The maximum absolute atomic E-state index is 2.61. The van der Waals surface area contributed by atoms with Crippen LogP contribution in [0.1, 0.15) is 130 Å². The molecule has 4 heteroatoms. The van der Waals surface area contributed by atoms with Crippen molar-refractivity contribution in [2.45, 2.75) is 113 Å². The molecule has 0 unspecified atom stereocenters. The van der Waals surface area contributed by atoms with E-state index in [4.69, 9.17) is 0 Å². The average Bonchev–Trinajstić information content (AvgIpc) is 1.50. The molecule has 34 rings (SSSR count). The molecule has 1 aromatic heterocycles. The summed E-state index contributed by atoms with van der Waals surface area (Å²) in [4.78, 5) is 7.75. The van der Waals surface area contributed by atoms with Crippen LogP contribution in [0.4, 0.5) is 51.2 Å². The molecule has 12 saturated carbocycles. The van der Waals surface area contributed by atoms with E-state index in [-0.39, 0.29) is 16.2 Å². The van der Waals surface area contributed by atoms with Crippen LogP contribution in [0.25, 0.3) is 105 Å². The van der Waals surface area contributed by atoms with Crippen molar-refractivity contribution < 1.29 is 0 Å². The van der Waals surface area contributed by atoms with E-state index in [1.807, 2.05) is 0 Å². The molecule has 18 aromatic carbocycles. The number of rotatable bonds is 14. The van der Waals surface area contributed by atoms with Gasteiger partial charge >= 0.3 is 0 Å². The van der Waals surface area contributed by atoms with Crippen LogP contribution in [-0.2, 0) is 16.2 Å². The fourth-order valence-corrected chi connectivity index (χ4v) is 32.8. The Kier molecular flexibility index (Phi) is 20.0. The van der Waals surface area contributed by atoms with Gasteiger partial charge in [-0.15, -0.1) is 0 Å². The van der Waals surface area contributed by atoms with Crippen LogP contribution in [-0.4, -0.2) is 4.57 Å². The van der Waals surface area contributed by atoms with Crippen molar-refractivity contribution in [2.75, 3.05) is 14.7 Å². The lowest BCUT2D eigenvalue weighted by atomic mass is 9.43. The van der Waals surface area contributed by atoms with Gasteiger partial charge in [-0.3, -0.25) is 0 Å². The van der Waals surface area contributed by atoms with Gasteiger partial charge in [-0.05, 0) is 388 Å². The molecule has 1 heterocycles. The first-order valence-corrected chi connectivity index (χ1v) is 53.2. The Hall–Kier alpha value is -14.8. The van der Waals surface area contributed by atoms with Crippen molar-refractivity contribution in [3.05, 3.63) is 482 Å². The van der Waals surface area contributed by atoms with Crippen LogP contribution in [0.15, 0.2) is 449 Å². The zero-order valence-corrected chi connectivity index (χ0v) is 80.5. The Morgan fingerprint density at radius 1 is 0.176 bits per heavy atom. The normalized spacial score (nSPS) is 24.7. The van der Waals surface area contributed by atoms with E-state index >= 15 is 0 Å². The summed E-state index contributed by atoms with van der Waals surface area (Å²) < 4.78 is 2.42. The van der Waals surface area contributed by atoms with Gasteiger partial charge in [0.1, 0.15) is 0 Å². The monoisotopic (exact) mass is 1830 g/mol. The Morgan fingerprint density at radius 3 is 0.880 bits per heavy atom. The Balaban J connectivity index is 0.000000102. The summed E-state index contributed by atoms with van der Waals surface area (Å²) in [6.45, 7) is 0. The third-order valence-corrected chi connectivity index (χ3v) is 37.2. The highest BCUT2D eigenvalue weighted by Gasteiger charge is 2.66. The van der Waals surface area contributed by atoms with Crippen molar-refractivity contribution in [3.63, 3.8) is 0 Å². The van der Waals surface area contributed by atoms with E-state index in [0.29, 0.717) is 23.7 Å². The van der Waals surface area contributed by atoms with Crippen molar-refractivity contribution in [1.82, 2.24) is 4.57 Å². The topological polar surface area (TPSA) is 14.7 Å². The lowest BCUT2D eigenvalue weighted by molar-refractivity contribution is -0.0397. The van der Waals surface area contributed by atoms with Gasteiger partial charge in [-0.2, -0.15) is 0 Å². The molecule has 0 radical (unpaired) electrons. The Bertz CT molecular complexity index is 7960. The minimum Gasteiger partial charge on any atom is -0.310 e. The van der Waals surface area contributed by atoms with E-state index < -0.39 is 0 Å². The van der Waals surface area contributed by atoms with E-state index in [2.05, 4.69) is 468 Å². The summed E-state index contributed by atoms with van der Waals surface area (Å²) >= 11 is 0. The van der Waals surface area contributed by atoms with Crippen LogP contribution < -0.4 is 14.7 Å². The van der Waals surface area contributed by atoms with Crippen LogP contribution in [0.2, 0.25) is 0 Å². The van der Waals surface area contributed by atoms with Gasteiger partial charge in [-0.25, -0.2) is 0 Å². The Labute approximate surface area is 835 Å². The molecule has 0 amide bonds. The number of para-hydroxylation sites is 5. The standard InChI is InChI=1S/C46H38N2.2C46H39N/c1-3-12-34(13-4-1)47(36-22-23-43-40(29-36)38-17-8-10-20-42(38)48(43)35-14-5-2-6-15-35)44-21-11-18-39-37-16-7-9-19-41(37)46(45(39)44)32-25-30-24-31(27-32)28-33(46)26-30;1-4-13-33(14-5-1)35-23-24-43(41(30-35)34-15-6-2-7-16-34)47(38-17-8-3-9-18-38)44-22-12-20-40-39-19-10-11-21-42(39)46(45(40)44)36-26-31-25-32(28-36)29-37(46)27-31;1-3-10-33(11-4-1)34-18-20-35(21-19-34)36-22-24-40(25-23-36)47(39-12-5-2-6-13-39)44-17-9-15-42-41-14-7-8-16-43(41)46(45(42)44)37-27-31-26-32(29-37)30-38(46)28-31/h1-23,29-33H,24-28H2;1-24,30-32,36-37H,25-29H2;1-25,31-32,37-38H,26-30H2. The van der Waals surface area contributed by atoms with Crippen molar-refractivity contribution in [3.8, 4) is 83.6 Å². The lowest BCUT2D eigenvalue weighted by Gasteiger charge is -2.61. The van der Waals surface area contributed by atoms with Gasteiger partial charge in [0, 0.05) is 66.7 Å². The molecule has 0 saturated heterocycles. The molecule has 12 bridgehead atoms. The zero-order valence-electron chi connectivity index (χ0n) is 80.5. The first-order chi connectivity index (χ1) is 70.3. The second-order valence-corrected chi connectivity index (χ2v) is 44.1. The van der Waals surface area contributed by atoms with Crippen molar-refractivity contribution >= 4 is 73.0 Å². The average molecular weight is 1830 g/mol. The number of hydrogen-bond donors (Lipinski definition) is 0. The van der Waals surface area contributed by atoms with Crippen LogP contribution in [0.5, 0.6) is 0 Å². The minimum atomic E-state index is 0.0693. The van der Waals surface area contributed by atoms with Crippen molar-refractivity contribution in [1.29, 1.82) is 0 Å². The lowest BCUT2D eigenvalue weighted by Crippen LogP contribution is -2.55. The van der Waals surface area contributed by atoms with E-state index in [1.54, 1.807) is 33.4 Å². The fourth-order valence-electron chi connectivity index (χ4n) is 32.8. The first-order valence-electron chi connectivity index (χ1n) is 53.2. The molecule has 15 aliphatic rings. The van der Waals surface area contributed by atoms with Gasteiger partial charge in [0.05, 0.1) is 33.8 Å². The molecular weight excluding hydrogens is 1710 g/mol. The van der Waals surface area contributed by atoms with Gasteiger partial charge in [-0.1, -0.05) is 334 Å². The zero-order chi connectivity index (χ0) is 93.3. The molecule has 19 aromatic rings. The highest BCUT2D eigenvalue weighted by molar-refractivity contribution is 6.11. The molecule has 0 atom stereocenters. The summed E-state index contributed by atoms with van der Waals surface area (Å²) in [5.41, 5.74) is 43.6. The molecule has 142 heavy (non-hydrogen) atoms. The summed E-state index contributed by atoms with van der Waals surface area (Å²) in [5, 5.41) is 2.57. The summed E-state index contributed by atoms with van der Waals surface area (Å²) in [7, 11) is 0. The maximum atomic E-state index is 2.61. The fraction of sp³-hybridized carbons (Fsp3) is 0.217. The third kappa shape index (κ3) is 13.0. The van der Waals surface area contributed by atoms with E-state index in [9.17, 15) is 0 Å². The predicted octanol–water partition coefficient (Wildman–Crippen LogP) is 36.4. The first kappa shape index (κ1) is 84.1. The summed E-state index contributed by atoms with van der Waals surface area (Å²) in [6.07, 6.45) is 21.0. The van der Waals surface area contributed by atoms with Crippen LogP contribution in [0, 0.1) is 71.0 Å². The molecule has 12 fully saturated rings. The minimum absolute atomic E-state index is 0.0693. The largest absolute Gasteiger partial charge is 0.310 e. The third-order valence-electron chi connectivity index (χ3n) is 37.2. The van der Waals surface area contributed by atoms with E-state index in [0.717, 1.165) is 47.3 Å². The smallest absolute Gasteiger partial charge is 0.0542 e. The number of aromatic nitrogens is 1. The number of hydrogen-bond acceptors (Lipinski definition) is 3. The van der Waals surface area contributed by atoms with Crippen LogP contribution in [0.3, 0.4) is 0 Å². The highest BCUT2D eigenvalue weighted by Crippen LogP contribution is 2.75. The Morgan fingerprint density at radius 2 is 0.465 bits per heavy atom. The van der Waals surface area contributed by atoms with Crippen molar-refractivity contribution in [2.24, 2.45) is 71.0 Å². The second-order valence-electron chi connectivity index (χ2n) is 44.1. The predicted molar refractivity (Wildman–Crippen MR) is 589 cm³/mol. The molecule has 0 aliphatic heterocycles. The maximum Gasteiger partial charge on any atom is 0.0542 e. The molecule has 15 aliphatic carbocycles. The molecular formula is C138H116N4. The van der Waals surface area contributed by atoms with Crippen LogP contribution >= 0.6 is 0 Å². The number of anilines is 9. The molecule has 4 nitrogen and oxygen atoms in total. The number of fused-ring (bicyclic) bond motifs is 12. The van der Waals surface area contributed by atoms with Gasteiger partial charge in [0.15, 0.2) is 0 Å². The SMILES string of the molecule is c1ccc(-c2ccc(-c3ccc(N(c4ccccc4)c4cccc5c4C4(c6ccccc6-5)C5CC6CC(C5)CC4C6)cc3)cc2)cc1.c1ccc(-c2ccc(N(c3ccccc3)c3cccc4c3C3(c5ccccc5-4)C4CC5CC(C4)CC3C5)c(-c3ccccc3)c2)cc1.c1ccc(N(c2ccc3c(c2)c2ccccc2n3-c2ccccc2)c2cccc3c2C2(c4ccccc4-3)C3CC4CC(C3)CC2C4)cc1. The van der Waals surface area contributed by atoms with Gasteiger partial charge in [0.25, 0.3) is 0 Å². The van der Waals surface area contributed by atoms with E-state index in [1.165, 1.54) is 253 Å². The number of nitrogens with zero attached hydrogens (tertiary/aromatic N) is 4. The highest BCUT2D eigenvalue weighted by atomic mass is 15.2.